The second-order valence-corrected chi connectivity index (χ2v) is 9.55. The summed E-state index contributed by atoms with van der Waals surface area (Å²) in [7, 11) is 0. The van der Waals surface area contributed by atoms with E-state index in [1.807, 2.05) is 30.3 Å². The molecular weight excluding hydrogens is 510 g/mol. The quantitative estimate of drug-likeness (QED) is 0.243. The van der Waals surface area contributed by atoms with Gasteiger partial charge in [0, 0.05) is 16.4 Å². The van der Waals surface area contributed by atoms with Crippen LogP contribution in [-0.2, 0) is 20.7 Å². The van der Waals surface area contributed by atoms with Gasteiger partial charge < -0.3 is 10.1 Å². The Hall–Kier alpha value is -4.06. The maximum atomic E-state index is 13.5. The SMILES string of the molecule is CCOC(=O)c1ccc(NC(=O)/C(C#N)=C2\S[C@H](Cc3ccccc3Cl)C(=O)N2c2ccccc2)cc1. The van der Waals surface area contributed by atoms with E-state index in [0.29, 0.717) is 28.4 Å². The van der Waals surface area contributed by atoms with Crippen molar-refractivity contribution in [2.75, 3.05) is 16.8 Å². The summed E-state index contributed by atoms with van der Waals surface area (Å²) in [6, 6.07) is 24.3. The summed E-state index contributed by atoms with van der Waals surface area (Å²) in [5, 5.41) is 12.9. The van der Waals surface area contributed by atoms with Crippen molar-refractivity contribution in [3.8, 4) is 6.07 Å². The average Bonchev–Trinajstić information content (AvgIpc) is 3.22. The van der Waals surface area contributed by atoms with Crippen molar-refractivity contribution in [1.29, 1.82) is 5.26 Å². The minimum absolute atomic E-state index is 0.196. The monoisotopic (exact) mass is 531 g/mol. The number of nitrogens with one attached hydrogen (secondary N) is 1. The third-order valence-electron chi connectivity index (χ3n) is 5.54. The highest BCUT2D eigenvalue weighted by Crippen LogP contribution is 2.42. The van der Waals surface area contributed by atoms with Crippen LogP contribution in [0.15, 0.2) is 89.5 Å². The summed E-state index contributed by atoms with van der Waals surface area (Å²) in [5.41, 5.74) is 1.89. The van der Waals surface area contributed by atoms with E-state index in [4.69, 9.17) is 16.3 Å². The van der Waals surface area contributed by atoms with Crippen molar-refractivity contribution in [3.63, 3.8) is 0 Å². The molecular formula is C28H22ClN3O4S. The number of hydrogen-bond acceptors (Lipinski definition) is 6. The molecule has 1 N–H and O–H groups in total. The Bertz CT molecular complexity index is 1400. The standard InChI is InChI=1S/C28H22ClN3O4S/c1-2-36-28(35)18-12-14-20(15-13-18)31-25(33)22(17-30)27-32(21-9-4-3-5-10-21)26(34)24(37-27)16-19-8-6-7-11-23(19)29/h3-15,24H,2,16H2,1H3,(H,31,33)/b27-22-/t24-/m1/s1. The summed E-state index contributed by atoms with van der Waals surface area (Å²) in [6.45, 7) is 1.97. The Balaban J connectivity index is 1.65. The maximum Gasteiger partial charge on any atom is 0.338 e. The number of esters is 1. The molecule has 0 bridgehead atoms. The second kappa shape index (κ2) is 11.8. The van der Waals surface area contributed by atoms with Gasteiger partial charge in [-0.2, -0.15) is 5.26 Å². The van der Waals surface area contributed by atoms with Crippen LogP contribution < -0.4 is 10.2 Å². The van der Waals surface area contributed by atoms with Crippen molar-refractivity contribution in [3.05, 3.63) is 106 Å². The molecule has 7 nitrogen and oxygen atoms in total. The van der Waals surface area contributed by atoms with Crippen molar-refractivity contribution in [2.45, 2.75) is 18.6 Å². The number of rotatable bonds is 7. The van der Waals surface area contributed by atoms with Crippen LogP contribution in [0.1, 0.15) is 22.8 Å². The van der Waals surface area contributed by atoms with E-state index >= 15 is 0 Å². The molecule has 0 saturated carbocycles. The molecule has 0 radical (unpaired) electrons. The van der Waals surface area contributed by atoms with Crippen LogP contribution in [-0.4, -0.2) is 29.6 Å². The van der Waals surface area contributed by atoms with Crippen molar-refractivity contribution < 1.29 is 19.1 Å². The minimum atomic E-state index is -0.666. The molecule has 1 saturated heterocycles. The van der Waals surface area contributed by atoms with E-state index in [2.05, 4.69) is 5.32 Å². The van der Waals surface area contributed by atoms with Gasteiger partial charge in [0.2, 0.25) is 5.91 Å². The van der Waals surface area contributed by atoms with E-state index in [-0.39, 0.29) is 23.1 Å². The Morgan fingerprint density at radius 1 is 1.05 bits per heavy atom. The molecule has 1 aliphatic heterocycles. The van der Waals surface area contributed by atoms with Crippen molar-refractivity contribution in [2.24, 2.45) is 0 Å². The van der Waals surface area contributed by atoms with Gasteiger partial charge in [0.1, 0.15) is 16.7 Å². The number of hydrogen-bond donors (Lipinski definition) is 1. The first-order valence-corrected chi connectivity index (χ1v) is 12.7. The number of para-hydroxylation sites is 1. The van der Waals surface area contributed by atoms with Gasteiger partial charge in [0.25, 0.3) is 5.91 Å². The normalized spacial score (nSPS) is 16.2. The number of amides is 2. The lowest BCUT2D eigenvalue weighted by atomic mass is 10.1. The van der Waals surface area contributed by atoms with Crippen molar-refractivity contribution >= 4 is 52.5 Å². The third kappa shape index (κ3) is 5.85. The zero-order chi connectivity index (χ0) is 26.4. The van der Waals surface area contributed by atoms with Crippen LogP contribution in [0.2, 0.25) is 5.02 Å². The Morgan fingerprint density at radius 3 is 2.38 bits per heavy atom. The molecule has 1 fully saturated rings. The molecule has 37 heavy (non-hydrogen) atoms. The summed E-state index contributed by atoms with van der Waals surface area (Å²) >= 11 is 7.49. The average molecular weight is 532 g/mol. The number of carbonyl (C=O) groups is 3. The zero-order valence-corrected chi connectivity index (χ0v) is 21.4. The molecule has 1 heterocycles. The molecule has 0 aliphatic carbocycles. The van der Waals surface area contributed by atoms with Gasteiger partial charge in [-0.05, 0) is 61.4 Å². The number of anilines is 2. The second-order valence-electron chi connectivity index (χ2n) is 7.96. The van der Waals surface area contributed by atoms with Gasteiger partial charge in [-0.25, -0.2) is 4.79 Å². The number of benzene rings is 3. The summed E-state index contributed by atoms with van der Waals surface area (Å²) < 4.78 is 4.97. The first-order valence-electron chi connectivity index (χ1n) is 11.4. The summed E-state index contributed by atoms with van der Waals surface area (Å²) in [5.74, 6) is -1.38. The highest BCUT2D eigenvalue weighted by Gasteiger charge is 2.41. The number of halogens is 1. The number of ether oxygens (including phenoxy) is 1. The zero-order valence-electron chi connectivity index (χ0n) is 19.8. The number of thioether (sulfide) groups is 1. The molecule has 0 aromatic heterocycles. The predicted molar refractivity (Wildman–Crippen MR) is 144 cm³/mol. The van der Waals surface area contributed by atoms with E-state index in [1.165, 1.54) is 17.0 Å². The van der Waals surface area contributed by atoms with Crippen LogP contribution in [0.5, 0.6) is 0 Å². The highest BCUT2D eigenvalue weighted by molar-refractivity contribution is 8.05. The molecule has 1 atom stereocenters. The van der Waals surface area contributed by atoms with Crippen LogP contribution in [0.4, 0.5) is 11.4 Å². The summed E-state index contributed by atoms with van der Waals surface area (Å²) in [4.78, 5) is 40.0. The van der Waals surface area contributed by atoms with Gasteiger partial charge in [0.15, 0.2) is 0 Å². The van der Waals surface area contributed by atoms with E-state index in [1.54, 1.807) is 49.4 Å². The molecule has 3 aromatic rings. The maximum absolute atomic E-state index is 13.5. The van der Waals surface area contributed by atoms with E-state index in [9.17, 15) is 19.6 Å². The molecule has 1 aliphatic rings. The van der Waals surface area contributed by atoms with Crippen LogP contribution in [0, 0.1) is 11.3 Å². The molecule has 4 rings (SSSR count). The Kier molecular flexibility index (Phi) is 8.29. The smallest absolute Gasteiger partial charge is 0.338 e. The van der Waals surface area contributed by atoms with Gasteiger partial charge >= 0.3 is 5.97 Å². The van der Waals surface area contributed by atoms with Gasteiger partial charge in [-0.3, -0.25) is 14.5 Å². The van der Waals surface area contributed by atoms with Crippen LogP contribution in [0.25, 0.3) is 0 Å². The van der Waals surface area contributed by atoms with Crippen molar-refractivity contribution in [1.82, 2.24) is 0 Å². The Labute approximate surface area is 223 Å². The lowest BCUT2D eigenvalue weighted by molar-refractivity contribution is -0.117. The fourth-order valence-corrected chi connectivity index (χ4v) is 5.27. The fourth-order valence-electron chi connectivity index (χ4n) is 3.76. The molecule has 0 spiro atoms. The minimum Gasteiger partial charge on any atom is -0.462 e. The van der Waals surface area contributed by atoms with Crippen LogP contribution >= 0.6 is 23.4 Å². The molecule has 0 unspecified atom stereocenters. The fraction of sp³-hybridized carbons (Fsp3) is 0.143. The third-order valence-corrected chi connectivity index (χ3v) is 7.17. The lowest BCUT2D eigenvalue weighted by Crippen LogP contribution is -2.30. The molecule has 9 heteroatoms. The van der Waals surface area contributed by atoms with Crippen LogP contribution in [0.3, 0.4) is 0 Å². The lowest BCUT2D eigenvalue weighted by Gasteiger charge is -2.18. The van der Waals surface area contributed by atoms with E-state index in [0.717, 1.165) is 17.3 Å². The van der Waals surface area contributed by atoms with Gasteiger partial charge in [-0.15, -0.1) is 0 Å². The highest BCUT2D eigenvalue weighted by atomic mass is 35.5. The number of nitriles is 1. The van der Waals surface area contributed by atoms with E-state index < -0.39 is 17.1 Å². The first kappa shape index (κ1) is 26.0. The predicted octanol–water partition coefficient (Wildman–Crippen LogP) is 5.58. The molecule has 3 aromatic carbocycles. The number of nitrogens with zero attached hydrogens (tertiary/aromatic N) is 2. The molecule has 186 valence electrons. The first-order chi connectivity index (χ1) is 17.9. The number of carbonyl (C=O) groups excluding carboxylic acids is 3. The largest absolute Gasteiger partial charge is 0.462 e. The topological polar surface area (TPSA) is 99.5 Å². The summed E-state index contributed by atoms with van der Waals surface area (Å²) in [6.07, 6.45) is 0.339. The Morgan fingerprint density at radius 2 is 1.73 bits per heavy atom. The van der Waals surface area contributed by atoms with Gasteiger partial charge in [0.05, 0.1) is 17.4 Å². The van der Waals surface area contributed by atoms with Gasteiger partial charge in [-0.1, -0.05) is 59.8 Å². The molecule has 2 amide bonds.